The zero-order valence-electron chi connectivity index (χ0n) is 9.32. The molecular formula is C13H17NO2. The number of hydrogen-bond acceptors (Lipinski definition) is 3. The monoisotopic (exact) mass is 219 g/mol. The molecule has 0 bridgehead atoms. The SMILES string of the molecule is C=CC(=O)OCCCc1ccccc1CN. The van der Waals surface area contributed by atoms with Crippen LogP contribution in [0.1, 0.15) is 17.5 Å². The highest BCUT2D eigenvalue weighted by atomic mass is 16.5. The van der Waals surface area contributed by atoms with E-state index in [9.17, 15) is 4.79 Å². The summed E-state index contributed by atoms with van der Waals surface area (Å²) in [6, 6.07) is 8.04. The lowest BCUT2D eigenvalue weighted by Crippen LogP contribution is -2.05. The Balaban J connectivity index is 2.37. The van der Waals surface area contributed by atoms with Gasteiger partial charge in [-0.15, -0.1) is 0 Å². The lowest BCUT2D eigenvalue weighted by Gasteiger charge is -2.07. The number of ether oxygens (including phenoxy) is 1. The standard InChI is InChI=1S/C13H17NO2/c1-2-13(15)16-9-5-8-11-6-3-4-7-12(11)10-14/h2-4,6-7H,1,5,8-10,14H2. The van der Waals surface area contributed by atoms with Gasteiger partial charge in [-0.25, -0.2) is 4.79 Å². The van der Waals surface area contributed by atoms with E-state index in [4.69, 9.17) is 10.5 Å². The van der Waals surface area contributed by atoms with Crippen LogP contribution in [-0.2, 0) is 22.5 Å². The second-order valence-electron chi connectivity index (χ2n) is 3.45. The molecule has 1 rings (SSSR count). The summed E-state index contributed by atoms with van der Waals surface area (Å²) < 4.78 is 4.90. The van der Waals surface area contributed by atoms with Crippen LogP contribution in [0.15, 0.2) is 36.9 Å². The van der Waals surface area contributed by atoms with E-state index in [1.54, 1.807) is 0 Å². The first-order valence-corrected chi connectivity index (χ1v) is 5.34. The average Bonchev–Trinajstić information content (AvgIpc) is 2.34. The summed E-state index contributed by atoms with van der Waals surface area (Å²) in [4.78, 5) is 10.8. The fraction of sp³-hybridized carbons (Fsp3) is 0.308. The molecule has 0 unspecified atom stereocenters. The van der Waals surface area contributed by atoms with Crippen molar-refractivity contribution in [3.8, 4) is 0 Å². The van der Waals surface area contributed by atoms with E-state index in [1.807, 2.05) is 18.2 Å². The molecule has 86 valence electrons. The van der Waals surface area contributed by atoms with Crippen molar-refractivity contribution in [2.45, 2.75) is 19.4 Å². The van der Waals surface area contributed by atoms with E-state index in [2.05, 4.69) is 12.6 Å². The topological polar surface area (TPSA) is 52.3 Å². The van der Waals surface area contributed by atoms with Gasteiger partial charge in [-0.2, -0.15) is 0 Å². The Hall–Kier alpha value is -1.61. The Morgan fingerprint density at radius 1 is 1.38 bits per heavy atom. The third-order valence-corrected chi connectivity index (χ3v) is 2.34. The molecule has 0 amide bonds. The van der Waals surface area contributed by atoms with Crippen molar-refractivity contribution in [3.05, 3.63) is 48.0 Å². The van der Waals surface area contributed by atoms with Crippen molar-refractivity contribution in [1.29, 1.82) is 0 Å². The molecular weight excluding hydrogens is 202 g/mol. The van der Waals surface area contributed by atoms with E-state index in [-0.39, 0.29) is 5.97 Å². The van der Waals surface area contributed by atoms with Crippen LogP contribution in [0.3, 0.4) is 0 Å². The Morgan fingerprint density at radius 3 is 2.69 bits per heavy atom. The van der Waals surface area contributed by atoms with Crippen LogP contribution in [0.2, 0.25) is 0 Å². The van der Waals surface area contributed by atoms with E-state index in [0.29, 0.717) is 13.2 Å². The number of benzene rings is 1. The minimum absolute atomic E-state index is 0.368. The third kappa shape index (κ3) is 3.87. The van der Waals surface area contributed by atoms with Crippen LogP contribution in [0, 0.1) is 0 Å². The van der Waals surface area contributed by atoms with Gasteiger partial charge in [0.2, 0.25) is 0 Å². The van der Waals surface area contributed by atoms with Gasteiger partial charge in [0, 0.05) is 12.6 Å². The van der Waals surface area contributed by atoms with Gasteiger partial charge >= 0.3 is 5.97 Å². The molecule has 0 aromatic heterocycles. The fourth-order valence-corrected chi connectivity index (χ4v) is 1.49. The van der Waals surface area contributed by atoms with Gasteiger partial charge in [-0.05, 0) is 24.0 Å². The van der Waals surface area contributed by atoms with Crippen LogP contribution >= 0.6 is 0 Å². The number of esters is 1. The molecule has 2 N–H and O–H groups in total. The molecule has 3 heteroatoms. The average molecular weight is 219 g/mol. The van der Waals surface area contributed by atoms with Crippen molar-refractivity contribution in [2.75, 3.05) is 6.61 Å². The smallest absolute Gasteiger partial charge is 0.330 e. The van der Waals surface area contributed by atoms with Crippen LogP contribution < -0.4 is 5.73 Å². The Morgan fingerprint density at radius 2 is 2.06 bits per heavy atom. The maximum Gasteiger partial charge on any atom is 0.330 e. The van der Waals surface area contributed by atoms with Crippen molar-refractivity contribution in [2.24, 2.45) is 5.73 Å². The summed E-state index contributed by atoms with van der Waals surface area (Å²) in [5.41, 5.74) is 8.00. The normalized spacial score (nSPS) is 9.81. The number of hydrogen-bond donors (Lipinski definition) is 1. The number of rotatable bonds is 6. The van der Waals surface area contributed by atoms with Crippen molar-refractivity contribution in [1.82, 2.24) is 0 Å². The first-order chi connectivity index (χ1) is 7.77. The predicted molar refractivity (Wildman–Crippen MR) is 63.8 cm³/mol. The van der Waals surface area contributed by atoms with Crippen molar-refractivity contribution < 1.29 is 9.53 Å². The minimum atomic E-state index is -0.368. The largest absolute Gasteiger partial charge is 0.463 e. The summed E-state index contributed by atoms with van der Waals surface area (Å²) in [6.45, 7) is 4.30. The molecule has 1 aromatic rings. The Labute approximate surface area is 95.9 Å². The molecule has 0 aliphatic rings. The van der Waals surface area contributed by atoms with E-state index in [1.165, 1.54) is 11.6 Å². The molecule has 3 nitrogen and oxygen atoms in total. The van der Waals surface area contributed by atoms with Gasteiger partial charge in [-0.1, -0.05) is 30.8 Å². The summed E-state index contributed by atoms with van der Waals surface area (Å²) >= 11 is 0. The lowest BCUT2D eigenvalue weighted by atomic mass is 10.0. The van der Waals surface area contributed by atoms with Gasteiger partial charge in [-0.3, -0.25) is 0 Å². The highest BCUT2D eigenvalue weighted by Crippen LogP contribution is 2.10. The van der Waals surface area contributed by atoms with E-state index < -0.39 is 0 Å². The Kier molecular flexibility index (Phi) is 5.29. The molecule has 0 atom stereocenters. The fourth-order valence-electron chi connectivity index (χ4n) is 1.49. The van der Waals surface area contributed by atoms with Crippen LogP contribution in [0.4, 0.5) is 0 Å². The second-order valence-corrected chi connectivity index (χ2v) is 3.45. The number of nitrogens with two attached hydrogens (primary N) is 1. The molecule has 0 aliphatic carbocycles. The van der Waals surface area contributed by atoms with Gasteiger partial charge in [0.25, 0.3) is 0 Å². The third-order valence-electron chi connectivity index (χ3n) is 2.34. The van der Waals surface area contributed by atoms with Crippen molar-refractivity contribution in [3.63, 3.8) is 0 Å². The summed E-state index contributed by atoms with van der Waals surface area (Å²) in [7, 11) is 0. The van der Waals surface area contributed by atoms with Crippen molar-refractivity contribution >= 4 is 5.97 Å². The summed E-state index contributed by atoms with van der Waals surface area (Å²) in [5.74, 6) is -0.368. The number of aryl methyl sites for hydroxylation is 1. The molecule has 0 fully saturated rings. The second kappa shape index (κ2) is 6.80. The van der Waals surface area contributed by atoms with Gasteiger partial charge in [0.05, 0.1) is 6.61 Å². The molecule has 0 saturated heterocycles. The summed E-state index contributed by atoms with van der Waals surface area (Å²) in [6.07, 6.45) is 2.85. The molecule has 1 aromatic carbocycles. The van der Waals surface area contributed by atoms with Crippen LogP contribution in [0.25, 0.3) is 0 Å². The lowest BCUT2D eigenvalue weighted by molar-refractivity contribution is -0.137. The highest BCUT2D eigenvalue weighted by molar-refractivity contribution is 5.81. The van der Waals surface area contributed by atoms with E-state index >= 15 is 0 Å². The van der Waals surface area contributed by atoms with Gasteiger partial charge < -0.3 is 10.5 Å². The maximum atomic E-state index is 10.8. The number of carbonyl (C=O) groups excluding carboxylic acids is 1. The zero-order chi connectivity index (χ0) is 11.8. The van der Waals surface area contributed by atoms with Gasteiger partial charge in [0.1, 0.15) is 0 Å². The van der Waals surface area contributed by atoms with Crippen LogP contribution in [-0.4, -0.2) is 12.6 Å². The molecule has 0 heterocycles. The minimum Gasteiger partial charge on any atom is -0.463 e. The number of carbonyl (C=O) groups is 1. The molecule has 0 aliphatic heterocycles. The Bertz CT molecular complexity index is 361. The predicted octanol–water partition coefficient (Wildman–Crippen LogP) is 1.81. The first kappa shape index (κ1) is 12.5. The maximum absolute atomic E-state index is 10.8. The summed E-state index contributed by atoms with van der Waals surface area (Å²) in [5, 5.41) is 0. The first-order valence-electron chi connectivity index (χ1n) is 5.34. The van der Waals surface area contributed by atoms with E-state index in [0.717, 1.165) is 18.4 Å². The molecule has 0 saturated carbocycles. The molecule has 0 radical (unpaired) electrons. The molecule has 16 heavy (non-hydrogen) atoms. The highest BCUT2D eigenvalue weighted by Gasteiger charge is 2.00. The molecule has 0 spiro atoms. The van der Waals surface area contributed by atoms with Crippen LogP contribution in [0.5, 0.6) is 0 Å². The zero-order valence-corrected chi connectivity index (χ0v) is 9.32. The van der Waals surface area contributed by atoms with Gasteiger partial charge in [0.15, 0.2) is 0 Å². The quantitative estimate of drug-likeness (QED) is 0.451.